The number of nitriles is 1. The third kappa shape index (κ3) is 3.27. The van der Waals surface area contributed by atoms with Crippen LogP contribution in [-0.4, -0.2) is 20.1 Å². The summed E-state index contributed by atoms with van der Waals surface area (Å²) in [6.45, 7) is 1.68. The zero-order valence-corrected chi connectivity index (χ0v) is 15.0. The summed E-state index contributed by atoms with van der Waals surface area (Å²) in [5.41, 5.74) is 0.775. The highest BCUT2D eigenvalue weighted by Gasteiger charge is 2.20. The largest absolute Gasteiger partial charge is 0.506 e. The van der Waals surface area contributed by atoms with Crippen LogP contribution in [0.1, 0.15) is 11.3 Å². The van der Waals surface area contributed by atoms with E-state index < -0.39 is 17.4 Å². The number of phenols is 1. The smallest absolute Gasteiger partial charge is 0.242 e. The lowest BCUT2D eigenvalue weighted by atomic mass is 10.2. The van der Waals surface area contributed by atoms with Gasteiger partial charge in [0.1, 0.15) is 18.1 Å². The average Bonchev–Trinajstić information content (AvgIpc) is 3.10. The van der Waals surface area contributed by atoms with Crippen LogP contribution in [0.4, 0.5) is 20.3 Å². The summed E-state index contributed by atoms with van der Waals surface area (Å²) in [5.74, 6) is -2.19. The monoisotopic (exact) mass is 393 g/mol. The number of ether oxygens (including phenoxy) is 1. The number of aromatic nitrogens is 3. The van der Waals surface area contributed by atoms with Gasteiger partial charge in [0.2, 0.25) is 5.88 Å². The maximum atomic E-state index is 14.8. The van der Waals surface area contributed by atoms with E-state index in [0.717, 1.165) is 12.4 Å². The number of para-hydroxylation sites is 2. The van der Waals surface area contributed by atoms with E-state index in [2.05, 4.69) is 20.3 Å². The number of hydrogen-bond donors (Lipinski definition) is 3. The second-order valence-electron chi connectivity index (χ2n) is 6.17. The van der Waals surface area contributed by atoms with E-state index >= 15 is 0 Å². The summed E-state index contributed by atoms with van der Waals surface area (Å²) in [7, 11) is 0. The van der Waals surface area contributed by atoms with Crippen molar-refractivity contribution in [3.8, 4) is 23.4 Å². The second-order valence-corrected chi connectivity index (χ2v) is 6.17. The Labute approximate surface area is 163 Å². The van der Waals surface area contributed by atoms with Crippen LogP contribution in [0.3, 0.4) is 0 Å². The first-order chi connectivity index (χ1) is 14.0. The van der Waals surface area contributed by atoms with Crippen molar-refractivity contribution in [2.45, 2.75) is 6.92 Å². The molecular weight excluding hydrogens is 380 g/mol. The Morgan fingerprint density at radius 3 is 2.76 bits per heavy atom. The van der Waals surface area contributed by atoms with Crippen molar-refractivity contribution < 1.29 is 18.6 Å². The number of aromatic hydroxyl groups is 1. The molecule has 2 aromatic carbocycles. The number of benzene rings is 2. The highest BCUT2D eigenvalue weighted by molar-refractivity contribution is 5.83. The SMILES string of the molecule is Cc1cc2c(F)c(Oc3ncnc(Nc4ccccc4O)c3C#N)cc(F)c2[nH]1. The molecule has 9 heteroatoms. The van der Waals surface area contributed by atoms with Crippen molar-refractivity contribution in [3.05, 3.63) is 65.6 Å². The highest BCUT2D eigenvalue weighted by Crippen LogP contribution is 2.35. The highest BCUT2D eigenvalue weighted by atomic mass is 19.1. The molecule has 0 amide bonds. The summed E-state index contributed by atoms with van der Waals surface area (Å²) in [6.07, 6.45) is 1.10. The average molecular weight is 393 g/mol. The number of rotatable bonds is 4. The lowest BCUT2D eigenvalue weighted by molar-refractivity contribution is 0.424. The second kappa shape index (κ2) is 7.09. The minimum atomic E-state index is -0.788. The van der Waals surface area contributed by atoms with Crippen LogP contribution in [0.25, 0.3) is 10.9 Å². The minimum Gasteiger partial charge on any atom is -0.506 e. The molecule has 0 bridgehead atoms. The van der Waals surface area contributed by atoms with Crippen LogP contribution < -0.4 is 10.1 Å². The topological polar surface area (TPSA) is 107 Å². The number of anilines is 2. The van der Waals surface area contributed by atoms with Crippen LogP contribution in [-0.2, 0) is 0 Å². The van der Waals surface area contributed by atoms with Gasteiger partial charge < -0.3 is 20.1 Å². The Bertz CT molecular complexity index is 1280. The third-order valence-electron chi connectivity index (χ3n) is 4.19. The molecule has 0 aliphatic carbocycles. The zero-order chi connectivity index (χ0) is 20.5. The number of hydrogen-bond acceptors (Lipinski definition) is 6. The molecule has 0 radical (unpaired) electrons. The van der Waals surface area contributed by atoms with E-state index in [1.54, 1.807) is 25.1 Å². The fourth-order valence-electron chi connectivity index (χ4n) is 2.86. The molecule has 0 aliphatic rings. The molecule has 4 aromatic rings. The number of fused-ring (bicyclic) bond motifs is 1. The first kappa shape index (κ1) is 18.2. The molecule has 2 aromatic heterocycles. The molecular formula is C20H13F2N5O2. The van der Waals surface area contributed by atoms with Crippen molar-refractivity contribution in [2.75, 3.05) is 5.32 Å². The number of aryl methyl sites for hydroxylation is 1. The maximum Gasteiger partial charge on any atom is 0.242 e. The van der Waals surface area contributed by atoms with Gasteiger partial charge in [0.05, 0.1) is 11.2 Å². The minimum absolute atomic E-state index is 0.0254. The standard InChI is InChI=1S/C20H13F2N5O2/c1-10-6-11-17(22)16(7-13(21)18(11)26-10)29-20-12(8-23)19(24-9-25-20)27-14-4-2-3-5-15(14)28/h2-7,9,26,28H,1H3,(H,24,25,27). The predicted molar refractivity (Wildman–Crippen MR) is 101 cm³/mol. The number of halogens is 2. The van der Waals surface area contributed by atoms with Gasteiger partial charge in [-0.1, -0.05) is 12.1 Å². The number of phenolic OH excluding ortho intramolecular Hbond substituents is 1. The molecule has 29 heavy (non-hydrogen) atoms. The summed E-state index contributed by atoms with van der Waals surface area (Å²) >= 11 is 0. The molecule has 0 unspecified atom stereocenters. The number of nitrogens with one attached hydrogen (secondary N) is 2. The third-order valence-corrected chi connectivity index (χ3v) is 4.19. The molecule has 0 fully saturated rings. The Balaban J connectivity index is 1.75. The van der Waals surface area contributed by atoms with Crippen LogP contribution in [0.2, 0.25) is 0 Å². The lowest BCUT2D eigenvalue weighted by Crippen LogP contribution is -2.02. The van der Waals surface area contributed by atoms with E-state index in [1.807, 2.05) is 6.07 Å². The fraction of sp³-hybridized carbons (Fsp3) is 0.0500. The van der Waals surface area contributed by atoms with Crippen LogP contribution in [0.15, 0.2) is 42.7 Å². The molecule has 0 saturated heterocycles. The quantitative estimate of drug-likeness (QED) is 0.436. The Hall–Kier alpha value is -4.19. The van der Waals surface area contributed by atoms with Gasteiger partial charge in [-0.15, -0.1) is 0 Å². The molecule has 0 atom stereocenters. The van der Waals surface area contributed by atoms with Crippen molar-refractivity contribution in [2.24, 2.45) is 0 Å². The summed E-state index contributed by atoms with van der Waals surface area (Å²) < 4.78 is 34.6. The van der Waals surface area contributed by atoms with Gasteiger partial charge in [-0.3, -0.25) is 0 Å². The van der Waals surface area contributed by atoms with Gasteiger partial charge in [0.25, 0.3) is 0 Å². The van der Waals surface area contributed by atoms with Crippen molar-refractivity contribution in [1.29, 1.82) is 5.26 Å². The van der Waals surface area contributed by atoms with Crippen molar-refractivity contribution in [3.63, 3.8) is 0 Å². The van der Waals surface area contributed by atoms with Crippen LogP contribution in [0, 0.1) is 29.9 Å². The number of aromatic amines is 1. The van der Waals surface area contributed by atoms with Gasteiger partial charge in [-0.25, -0.2) is 18.7 Å². The Morgan fingerprint density at radius 2 is 2.00 bits per heavy atom. The zero-order valence-electron chi connectivity index (χ0n) is 15.0. The van der Waals surface area contributed by atoms with E-state index in [9.17, 15) is 19.1 Å². The van der Waals surface area contributed by atoms with Gasteiger partial charge in [0, 0.05) is 17.1 Å². The van der Waals surface area contributed by atoms with Gasteiger partial charge in [-0.05, 0) is 25.1 Å². The van der Waals surface area contributed by atoms with E-state index in [0.29, 0.717) is 11.4 Å². The lowest BCUT2D eigenvalue weighted by Gasteiger charge is -2.12. The molecule has 2 heterocycles. The summed E-state index contributed by atoms with van der Waals surface area (Å²) in [6, 6.07) is 10.6. The summed E-state index contributed by atoms with van der Waals surface area (Å²) in [4.78, 5) is 10.6. The molecule has 0 spiro atoms. The molecule has 7 nitrogen and oxygen atoms in total. The molecule has 0 saturated carbocycles. The molecule has 0 aliphatic heterocycles. The fourth-order valence-corrected chi connectivity index (χ4v) is 2.86. The molecule has 144 valence electrons. The molecule has 3 N–H and O–H groups in total. The van der Waals surface area contributed by atoms with Gasteiger partial charge >= 0.3 is 0 Å². The number of H-pyrrole nitrogens is 1. The van der Waals surface area contributed by atoms with Crippen molar-refractivity contribution in [1.82, 2.24) is 15.0 Å². The predicted octanol–water partition coefficient (Wildman–Crippen LogP) is 4.66. The van der Waals surface area contributed by atoms with E-state index in [1.165, 1.54) is 12.1 Å². The van der Waals surface area contributed by atoms with Gasteiger partial charge in [-0.2, -0.15) is 5.26 Å². The Kier molecular flexibility index (Phi) is 4.44. The maximum absolute atomic E-state index is 14.8. The van der Waals surface area contributed by atoms with Crippen LogP contribution in [0.5, 0.6) is 17.4 Å². The first-order valence-electron chi connectivity index (χ1n) is 8.43. The van der Waals surface area contributed by atoms with E-state index in [-0.39, 0.29) is 33.9 Å². The summed E-state index contributed by atoms with van der Waals surface area (Å²) in [5, 5.41) is 22.3. The van der Waals surface area contributed by atoms with Crippen molar-refractivity contribution >= 4 is 22.4 Å². The molecule has 4 rings (SSSR count). The van der Waals surface area contributed by atoms with E-state index in [4.69, 9.17) is 4.74 Å². The van der Waals surface area contributed by atoms with Crippen LogP contribution >= 0.6 is 0 Å². The Morgan fingerprint density at radius 1 is 1.21 bits per heavy atom. The number of nitrogens with zero attached hydrogens (tertiary/aromatic N) is 3. The normalized spacial score (nSPS) is 10.7. The first-order valence-corrected chi connectivity index (χ1v) is 8.43. The van der Waals surface area contributed by atoms with Gasteiger partial charge in [0.15, 0.2) is 28.8 Å².